The minimum Gasteiger partial charge on any atom is -0.496 e. The fourth-order valence-corrected chi connectivity index (χ4v) is 2.38. The SMILES string of the molecule is COc1ccc(CNc2cccnc2)cc1-c1ccccc1. The van der Waals surface area contributed by atoms with E-state index in [-0.39, 0.29) is 0 Å². The monoisotopic (exact) mass is 290 g/mol. The van der Waals surface area contributed by atoms with Gasteiger partial charge in [0.2, 0.25) is 0 Å². The number of aromatic nitrogens is 1. The molecule has 2 aromatic carbocycles. The summed E-state index contributed by atoms with van der Waals surface area (Å²) in [6.45, 7) is 0.746. The summed E-state index contributed by atoms with van der Waals surface area (Å²) in [4.78, 5) is 4.11. The van der Waals surface area contributed by atoms with Crippen molar-refractivity contribution in [2.24, 2.45) is 0 Å². The van der Waals surface area contributed by atoms with E-state index >= 15 is 0 Å². The summed E-state index contributed by atoms with van der Waals surface area (Å²) in [6.07, 6.45) is 3.59. The molecular weight excluding hydrogens is 272 g/mol. The van der Waals surface area contributed by atoms with E-state index in [1.807, 2.05) is 42.6 Å². The molecule has 3 rings (SSSR count). The zero-order valence-electron chi connectivity index (χ0n) is 12.5. The number of pyridine rings is 1. The van der Waals surface area contributed by atoms with Crippen molar-refractivity contribution in [3.05, 3.63) is 78.6 Å². The maximum atomic E-state index is 5.49. The number of rotatable bonds is 5. The first-order chi connectivity index (χ1) is 10.9. The molecule has 3 heteroatoms. The van der Waals surface area contributed by atoms with Gasteiger partial charge in [-0.25, -0.2) is 0 Å². The van der Waals surface area contributed by atoms with E-state index in [1.54, 1.807) is 13.3 Å². The van der Waals surface area contributed by atoms with Gasteiger partial charge in [0.15, 0.2) is 0 Å². The van der Waals surface area contributed by atoms with E-state index in [9.17, 15) is 0 Å². The lowest BCUT2D eigenvalue weighted by molar-refractivity contribution is 0.416. The minimum atomic E-state index is 0.746. The first kappa shape index (κ1) is 14.1. The Balaban J connectivity index is 1.84. The second-order valence-corrected chi connectivity index (χ2v) is 5.00. The molecule has 0 aliphatic heterocycles. The predicted octanol–water partition coefficient (Wildman–Crippen LogP) is 4.37. The maximum Gasteiger partial charge on any atom is 0.126 e. The molecule has 0 saturated carbocycles. The molecule has 0 aliphatic rings. The van der Waals surface area contributed by atoms with Crippen LogP contribution in [-0.2, 0) is 6.54 Å². The van der Waals surface area contributed by atoms with E-state index in [0.717, 1.165) is 29.1 Å². The van der Waals surface area contributed by atoms with Gasteiger partial charge in [0, 0.05) is 24.5 Å². The van der Waals surface area contributed by atoms with Crippen molar-refractivity contribution in [2.45, 2.75) is 6.54 Å². The van der Waals surface area contributed by atoms with E-state index in [1.165, 1.54) is 5.56 Å². The smallest absolute Gasteiger partial charge is 0.126 e. The summed E-state index contributed by atoms with van der Waals surface area (Å²) in [6, 6.07) is 20.5. The Labute approximate surface area is 130 Å². The van der Waals surface area contributed by atoms with Gasteiger partial charge in [-0.1, -0.05) is 36.4 Å². The third-order valence-corrected chi connectivity index (χ3v) is 3.51. The van der Waals surface area contributed by atoms with Crippen LogP contribution in [0.1, 0.15) is 5.56 Å². The summed E-state index contributed by atoms with van der Waals surface area (Å²) in [5, 5.41) is 3.37. The molecule has 0 radical (unpaired) electrons. The Hall–Kier alpha value is -2.81. The second kappa shape index (κ2) is 6.76. The lowest BCUT2D eigenvalue weighted by Crippen LogP contribution is -2.00. The molecule has 0 unspecified atom stereocenters. The molecule has 1 heterocycles. The van der Waals surface area contributed by atoms with Crippen molar-refractivity contribution in [1.82, 2.24) is 4.98 Å². The average Bonchev–Trinajstić information content (AvgIpc) is 2.61. The van der Waals surface area contributed by atoms with Crippen LogP contribution >= 0.6 is 0 Å². The number of ether oxygens (including phenoxy) is 1. The van der Waals surface area contributed by atoms with Gasteiger partial charge in [0.05, 0.1) is 12.8 Å². The average molecular weight is 290 g/mol. The molecule has 0 saturated heterocycles. The van der Waals surface area contributed by atoms with Crippen LogP contribution in [0.2, 0.25) is 0 Å². The molecule has 22 heavy (non-hydrogen) atoms. The Morgan fingerprint density at radius 2 is 1.86 bits per heavy atom. The second-order valence-electron chi connectivity index (χ2n) is 5.00. The minimum absolute atomic E-state index is 0.746. The molecule has 1 aromatic heterocycles. The Kier molecular flexibility index (Phi) is 4.35. The first-order valence-electron chi connectivity index (χ1n) is 7.23. The van der Waals surface area contributed by atoms with Gasteiger partial charge < -0.3 is 10.1 Å². The van der Waals surface area contributed by atoms with Crippen LogP contribution in [0.5, 0.6) is 5.75 Å². The molecule has 0 aliphatic carbocycles. The highest BCUT2D eigenvalue weighted by Crippen LogP contribution is 2.30. The summed E-state index contributed by atoms with van der Waals surface area (Å²) < 4.78 is 5.49. The van der Waals surface area contributed by atoms with Crippen molar-refractivity contribution in [1.29, 1.82) is 0 Å². The van der Waals surface area contributed by atoms with Gasteiger partial charge in [-0.3, -0.25) is 4.98 Å². The molecule has 1 N–H and O–H groups in total. The van der Waals surface area contributed by atoms with Crippen LogP contribution in [0, 0.1) is 0 Å². The predicted molar refractivity (Wildman–Crippen MR) is 90.0 cm³/mol. The van der Waals surface area contributed by atoms with Crippen LogP contribution < -0.4 is 10.1 Å². The van der Waals surface area contributed by atoms with Crippen LogP contribution in [0.25, 0.3) is 11.1 Å². The number of anilines is 1. The lowest BCUT2D eigenvalue weighted by Gasteiger charge is -2.12. The van der Waals surface area contributed by atoms with Crippen LogP contribution in [-0.4, -0.2) is 12.1 Å². The van der Waals surface area contributed by atoms with Crippen LogP contribution in [0.15, 0.2) is 73.1 Å². The summed E-state index contributed by atoms with van der Waals surface area (Å²) in [7, 11) is 1.70. The van der Waals surface area contributed by atoms with E-state index in [4.69, 9.17) is 4.74 Å². The molecular formula is C19H18N2O. The summed E-state index contributed by atoms with van der Waals surface area (Å²) in [5.41, 5.74) is 4.47. The highest BCUT2D eigenvalue weighted by atomic mass is 16.5. The number of nitrogens with zero attached hydrogens (tertiary/aromatic N) is 1. The third kappa shape index (κ3) is 3.26. The highest BCUT2D eigenvalue weighted by Gasteiger charge is 2.06. The van der Waals surface area contributed by atoms with Crippen LogP contribution in [0.4, 0.5) is 5.69 Å². The number of hydrogen-bond acceptors (Lipinski definition) is 3. The Morgan fingerprint density at radius 3 is 2.59 bits per heavy atom. The fraction of sp³-hybridized carbons (Fsp3) is 0.105. The van der Waals surface area contributed by atoms with E-state index in [0.29, 0.717) is 0 Å². The van der Waals surface area contributed by atoms with Crippen LogP contribution in [0.3, 0.4) is 0 Å². The zero-order valence-corrected chi connectivity index (χ0v) is 12.5. The van der Waals surface area contributed by atoms with E-state index < -0.39 is 0 Å². The van der Waals surface area contributed by atoms with Crippen molar-refractivity contribution in [3.63, 3.8) is 0 Å². The molecule has 110 valence electrons. The van der Waals surface area contributed by atoms with E-state index in [2.05, 4.69) is 34.6 Å². The number of benzene rings is 2. The number of methoxy groups -OCH3 is 1. The summed E-state index contributed by atoms with van der Waals surface area (Å²) in [5.74, 6) is 0.885. The van der Waals surface area contributed by atoms with Gasteiger partial charge in [0.25, 0.3) is 0 Å². The lowest BCUT2D eigenvalue weighted by atomic mass is 10.0. The van der Waals surface area contributed by atoms with Gasteiger partial charge in [-0.2, -0.15) is 0 Å². The Bertz CT molecular complexity index is 727. The third-order valence-electron chi connectivity index (χ3n) is 3.51. The van der Waals surface area contributed by atoms with Crippen molar-refractivity contribution in [2.75, 3.05) is 12.4 Å². The standard InChI is InChI=1S/C19H18N2O/c1-22-19-10-9-15(13-21-17-8-5-11-20-14-17)12-18(19)16-6-3-2-4-7-16/h2-12,14,21H,13H2,1H3. The Morgan fingerprint density at radius 1 is 1.00 bits per heavy atom. The molecule has 3 aromatic rings. The molecule has 0 fully saturated rings. The molecule has 0 atom stereocenters. The largest absolute Gasteiger partial charge is 0.496 e. The first-order valence-corrected chi connectivity index (χ1v) is 7.23. The van der Waals surface area contributed by atoms with Gasteiger partial charge in [-0.05, 0) is 35.4 Å². The molecule has 3 nitrogen and oxygen atoms in total. The fourth-order valence-electron chi connectivity index (χ4n) is 2.38. The van der Waals surface area contributed by atoms with Crippen molar-refractivity contribution in [3.8, 4) is 16.9 Å². The topological polar surface area (TPSA) is 34.1 Å². The normalized spacial score (nSPS) is 10.2. The zero-order chi connectivity index (χ0) is 15.2. The molecule has 0 bridgehead atoms. The maximum absolute atomic E-state index is 5.49. The highest BCUT2D eigenvalue weighted by molar-refractivity contribution is 5.71. The number of nitrogens with one attached hydrogen (secondary N) is 1. The van der Waals surface area contributed by atoms with Gasteiger partial charge in [0.1, 0.15) is 5.75 Å². The summed E-state index contributed by atoms with van der Waals surface area (Å²) >= 11 is 0. The molecule has 0 spiro atoms. The van der Waals surface area contributed by atoms with Crippen molar-refractivity contribution >= 4 is 5.69 Å². The van der Waals surface area contributed by atoms with Gasteiger partial charge >= 0.3 is 0 Å². The van der Waals surface area contributed by atoms with Gasteiger partial charge in [-0.15, -0.1) is 0 Å². The molecule has 0 amide bonds. The quantitative estimate of drug-likeness (QED) is 0.757. The van der Waals surface area contributed by atoms with Crippen molar-refractivity contribution < 1.29 is 4.74 Å². The number of hydrogen-bond donors (Lipinski definition) is 1.